The lowest BCUT2D eigenvalue weighted by Crippen LogP contribution is -2.44. The van der Waals surface area contributed by atoms with Gasteiger partial charge in [0.15, 0.2) is 0 Å². The summed E-state index contributed by atoms with van der Waals surface area (Å²) in [4.78, 5) is 33.0. The van der Waals surface area contributed by atoms with Crippen molar-refractivity contribution in [2.24, 2.45) is 0 Å². The lowest BCUT2D eigenvalue weighted by Gasteiger charge is -2.13. The van der Waals surface area contributed by atoms with Crippen LogP contribution in [0.5, 0.6) is 0 Å². The second kappa shape index (κ2) is 7.96. The Morgan fingerprint density at radius 3 is 2.47 bits per heavy atom. The molecule has 86 valence electrons. The maximum Gasteiger partial charge on any atom is 0.289 e. The zero-order valence-electron chi connectivity index (χ0n) is 9.21. The van der Waals surface area contributed by atoms with Crippen LogP contribution < -0.4 is 10.6 Å². The van der Waals surface area contributed by atoms with Crippen molar-refractivity contribution in [3.63, 3.8) is 0 Å². The summed E-state index contributed by atoms with van der Waals surface area (Å²) in [5, 5.41) is 4.78. The van der Waals surface area contributed by atoms with Gasteiger partial charge >= 0.3 is 0 Å². The number of likely N-dealkylation sites (N-methyl/N-ethyl adjacent to an activating group) is 1. The number of hydrogen-bond acceptors (Lipinski definition) is 3. The molecule has 2 amide bonds. The van der Waals surface area contributed by atoms with Gasteiger partial charge in [0.25, 0.3) is 5.91 Å². The van der Waals surface area contributed by atoms with Crippen LogP contribution in [-0.4, -0.2) is 30.7 Å². The maximum absolute atomic E-state index is 11.5. The maximum atomic E-state index is 11.5. The minimum Gasteiger partial charge on any atom is -0.350 e. The summed E-state index contributed by atoms with van der Waals surface area (Å²) < 4.78 is 0. The van der Waals surface area contributed by atoms with Gasteiger partial charge in [0.1, 0.15) is 0 Å². The van der Waals surface area contributed by atoms with Gasteiger partial charge in [-0.25, -0.2) is 0 Å². The van der Waals surface area contributed by atoms with E-state index in [0.717, 1.165) is 12.8 Å². The monoisotopic (exact) mass is 214 g/mol. The fourth-order valence-corrected chi connectivity index (χ4v) is 1.19. The van der Waals surface area contributed by atoms with Crippen LogP contribution in [0.25, 0.3) is 0 Å². The van der Waals surface area contributed by atoms with Crippen LogP contribution in [0.4, 0.5) is 0 Å². The summed E-state index contributed by atoms with van der Waals surface area (Å²) in [7, 11) is 0. The molecule has 1 atom stereocenters. The number of Topliss-reactive ketones (excluding diaryl/α,β-unsaturated/α-hetero) is 1. The highest BCUT2D eigenvalue weighted by Crippen LogP contribution is 2.01. The summed E-state index contributed by atoms with van der Waals surface area (Å²) in [6.07, 6.45) is 2.68. The zero-order chi connectivity index (χ0) is 11.7. The molecule has 0 heterocycles. The van der Waals surface area contributed by atoms with E-state index in [0.29, 0.717) is 19.4 Å². The molecule has 0 aromatic heterocycles. The molecule has 0 fully saturated rings. The minimum atomic E-state index is -0.686. The zero-order valence-corrected chi connectivity index (χ0v) is 9.21. The second-order valence-corrected chi connectivity index (χ2v) is 3.20. The van der Waals surface area contributed by atoms with Crippen LogP contribution in [0, 0.1) is 0 Å². The number of nitrogens with one attached hydrogen (secondary N) is 2. The first-order valence-electron chi connectivity index (χ1n) is 5.19. The molecule has 0 radical (unpaired) electrons. The Bertz CT molecular complexity index is 229. The van der Waals surface area contributed by atoms with E-state index in [4.69, 9.17) is 0 Å². The first kappa shape index (κ1) is 13.6. The Hall–Kier alpha value is -1.39. The SMILES string of the molecule is CCCCC(NC=O)C(=O)C(=O)NCC. The predicted octanol–water partition coefficient (Wildman–Crippen LogP) is -0.00360. The van der Waals surface area contributed by atoms with Crippen molar-refractivity contribution in [1.29, 1.82) is 0 Å². The normalized spacial score (nSPS) is 11.6. The standard InChI is InChI=1S/C10H18N2O3/c1-3-5-6-8(12-7-13)9(14)10(15)11-4-2/h7-8H,3-6H2,1-2H3,(H,11,15)(H,12,13). The highest BCUT2D eigenvalue weighted by Gasteiger charge is 2.23. The number of unbranched alkanes of at least 4 members (excludes halogenated alkanes) is 1. The molecule has 0 saturated heterocycles. The lowest BCUT2D eigenvalue weighted by molar-refractivity contribution is -0.139. The lowest BCUT2D eigenvalue weighted by atomic mass is 10.1. The largest absolute Gasteiger partial charge is 0.350 e. The summed E-state index contributed by atoms with van der Waals surface area (Å²) >= 11 is 0. The average molecular weight is 214 g/mol. The van der Waals surface area contributed by atoms with E-state index in [1.54, 1.807) is 6.92 Å². The number of ketones is 1. The number of carbonyl (C=O) groups is 3. The molecule has 0 aromatic rings. The number of carbonyl (C=O) groups excluding carboxylic acids is 3. The molecule has 5 nitrogen and oxygen atoms in total. The summed E-state index contributed by atoms with van der Waals surface area (Å²) in [5.41, 5.74) is 0. The Morgan fingerprint density at radius 2 is 2.00 bits per heavy atom. The molecule has 15 heavy (non-hydrogen) atoms. The Morgan fingerprint density at radius 1 is 1.33 bits per heavy atom. The van der Waals surface area contributed by atoms with Crippen LogP contribution in [0.15, 0.2) is 0 Å². The first-order chi connectivity index (χ1) is 7.17. The van der Waals surface area contributed by atoms with Gasteiger partial charge in [0.2, 0.25) is 12.2 Å². The fraction of sp³-hybridized carbons (Fsp3) is 0.700. The van der Waals surface area contributed by atoms with E-state index in [2.05, 4.69) is 10.6 Å². The predicted molar refractivity (Wildman–Crippen MR) is 56.2 cm³/mol. The van der Waals surface area contributed by atoms with Gasteiger partial charge in [-0.3, -0.25) is 14.4 Å². The van der Waals surface area contributed by atoms with Crippen LogP contribution >= 0.6 is 0 Å². The van der Waals surface area contributed by atoms with Gasteiger partial charge < -0.3 is 10.6 Å². The smallest absolute Gasteiger partial charge is 0.289 e. The molecule has 0 rings (SSSR count). The van der Waals surface area contributed by atoms with Gasteiger partial charge in [-0.2, -0.15) is 0 Å². The third-order valence-corrected chi connectivity index (χ3v) is 1.99. The van der Waals surface area contributed by atoms with Crippen molar-refractivity contribution in [2.75, 3.05) is 6.54 Å². The van der Waals surface area contributed by atoms with Gasteiger partial charge in [-0.15, -0.1) is 0 Å². The highest BCUT2D eigenvalue weighted by molar-refractivity contribution is 6.38. The quantitative estimate of drug-likeness (QED) is 0.441. The Balaban J connectivity index is 4.26. The van der Waals surface area contributed by atoms with Crippen LogP contribution in [0.1, 0.15) is 33.1 Å². The molecular formula is C10H18N2O3. The van der Waals surface area contributed by atoms with Crippen molar-refractivity contribution in [3.8, 4) is 0 Å². The minimum absolute atomic E-state index is 0.409. The first-order valence-corrected chi connectivity index (χ1v) is 5.19. The van der Waals surface area contributed by atoms with Gasteiger partial charge in [-0.1, -0.05) is 19.8 Å². The van der Waals surface area contributed by atoms with Crippen LogP contribution in [0.2, 0.25) is 0 Å². The summed E-state index contributed by atoms with van der Waals surface area (Å²) in [5.74, 6) is -1.20. The van der Waals surface area contributed by atoms with Crippen molar-refractivity contribution >= 4 is 18.1 Å². The molecule has 0 saturated carbocycles. The fourth-order valence-electron chi connectivity index (χ4n) is 1.19. The number of hydrogen-bond donors (Lipinski definition) is 2. The van der Waals surface area contributed by atoms with Gasteiger partial charge in [0, 0.05) is 6.54 Å². The molecule has 0 aromatic carbocycles. The highest BCUT2D eigenvalue weighted by atomic mass is 16.2. The average Bonchev–Trinajstić information content (AvgIpc) is 2.23. The van der Waals surface area contributed by atoms with Crippen molar-refractivity contribution in [2.45, 2.75) is 39.2 Å². The Kier molecular flexibility index (Phi) is 7.23. The molecule has 0 aliphatic heterocycles. The van der Waals surface area contributed by atoms with Crippen molar-refractivity contribution < 1.29 is 14.4 Å². The van der Waals surface area contributed by atoms with E-state index in [-0.39, 0.29) is 0 Å². The van der Waals surface area contributed by atoms with E-state index in [9.17, 15) is 14.4 Å². The third kappa shape index (κ3) is 5.15. The van der Waals surface area contributed by atoms with E-state index in [1.165, 1.54) is 0 Å². The second-order valence-electron chi connectivity index (χ2n) is 3.20. The Labute approximate surface area is 89.6 Å². The number of rotatable bonds is 8. The van der Waals surface area contributed by atoms with Gasteiger partial charge in [-0.05, 0) is 13.3 Å². The van der Waals surface area contributed by atoms with E-state index >= 15 is 0 Å². The molecule has 0 aliphatic carbocycles. The molecule has 1 unspecified atom stereocenters. The van der Waals surface area contributed by atoms with Crippen molar-refractivity contribution in [1.82, 2.24) is 10.6 Å². The number of amides is 2. The molecular weight excluding hydrogens is 196 g/mol. The molecule has 0 spiro atoms. The molecule has 0 bridgehead atoms. The van der Waals surface area contributed by atoms with Gasteiger partial charge in [0.05, 0.1) is 6.04 Å². The van der Waals surface area contributed by atoms with Crippen LogP contribution in [0.3, 0.4) is 0 Å². The van der Waals surface area contributed by atoms with E-state index < -0.39 is 17.7 Å². The van der Waals surface area contributed by atoms with E-state index in [1.807, 2.05) is 6.92 Å². The van der Waals surface area contributed by atoms with Crippen molar-refractivity contribution in [3.05, 3.63) is 0 Å². The topological polar surface area (TPSA) is 75.3 Å². The summed E-state index contributed by atoms with van der Waals surface area (Å²) in [6.45, 7) is 4.13. The molecule has 0 aliphatic rings. The molecule has 2 N–H and O–H groups in total. The van der Waals surface area contributed by atoms with Crippen LogP contribution in [-0.2, 0) is 14.4 Å². The molecule has 5 heteroatoms. The third-order valence-electron chi connectivity index (χ3n) is 1.99. The summed E-state index contributed by atoms with van der Waals surface area (Å²) in [6, 6.07) is -0.686.